The summed E-state index contributed by atoms with van der Waals surface area (Å²) >= 11 is 0. The van der Waals surface area contributed by atoms with Crippen molar-refractivity contribution >= 4 is 5.97 Å². The molecule has 0 heterocycles. The van der Waals surface area contributed by atoms with Crippen molar-refractivity contribution < 1.29 is 66.4 Å². The topological polar surface area (TPSA) is 137 Å². The number of methoxy groups -OCH3 is 1. The molecule has 14 nitrogen and oxygen atoms in total. The average Bonchev–Trinajstić information content (AvgIpc) is 3.07. The Hall–Kier alpha value is -1.01. The highest BCUT2D eigenvalue weighted by Gasteiger charge is 2.00. The minimum Gasteiger partial charge on any atom is -0.469 e. The molecule has 0 atom stereocenters. The molecule has 0 bridgehead atoms. The molecule has 276 valence electrons. The van der Waals surface area contributed by atoms with Crippen molar-refractivity contribution in [2.24, 2.45) is 0 Å². The molecule has 0 aliphatic carbocycles. The van der Waals surface area contributed by atoms with Gasteiger partial charge >= 0.3 is 5.97 Å². The van der Waals surface area contributed by atoms with Crippen LogP contribution in [-0.4, -0.2) is 172 Å². The summed E-state index contributed by atoms with van der Waals surface area (Å²) in [5.41, 5.74) is 0. The first-order valence-corrected chi connectivity index (χ1v) is 16.8. The van der Waals surface area contributed by atoms with E-state index in [2.05, 4.69) is 11.7 Å². The maximum atomic E-state index is 10.9. The van der Waals surface area contributed by atoms with Crippen LogP contribution in [0.2, 0.25) is 0 Å². The summed E-state index contributed by atoms with van der Waals surface area (Å²) in [6.45, 7) is 14.7. The van der Waals surface area contributed by atoms with Crippen molar-refractivity contribution in [2.75, 3.05) is 166 Å². The molecule has 0 aliphatic rings. The predicted molar refractivity (Wildman–Crippen MR) is 171 cm³/mol. The van der Waals surface area contributed by atoms with Crippen molar-refractivity contribution in [3.05, 3.63) is 0 Å². The Bertz CT molecular complexity index is 573. The van der Waals surface area contributed by atoms with Gasteiger partial charge in [-0.25, -0.2) is 0 Å². The minimum absolute atomic E-state index is 0.246. The van der Waals surface area contributed by atoms with Gasteiger partial charge < -0.3 is 61.6 Å². The fourth-order valence-corrected chi connectivity index (χ4v) is 3.41. The standard InChI is InChI=1S/C32H64O14/c1-3-4-5-6-8-35-10-12-37-14-16-39-18-20-41-22-24-43-26-28-45-30-31-46-29-27-44-25-23-42-21-19-40-17-15-38-13-11-36-9-7-32(33)34-2/h3-31H2,1-2H3. The summed E-state index contributed by atoms with van der Waals surface area (Å²) in [5, 5.41) is 0. The Labute approximate surface area is 277 Å². The van der Waals surface area contributed by atoms with Crippen LogP contribution in [0.4, 0.5) is 0 Å². The van der Waals surface area contributed by atoms with Gasteiger partial charge in [0, 0.05) is 6.61 Å². The Morgan fingerprint density at radius 1 is 0.326 bits per heavy atom. The SMILES string of the molecule is CCCCCCOCCOCCOCCOCCOCCOCCOCCOCCOCCOCCOCCOCCC(=O)OC. The molecule has 46 heavy (non-hydrogen) atoms. The van der Waals surface area contributed by atoms with Crippen LogP contribution in [0.25, 0.3) is 0 Å². The lowest BCUT2D eigenvalue weighted by atomic mass is 10.2. The van der Waals surface area contributed by atoms with Gasteiger partial charge in [0.05, 0.1) is 165 Å². The summed E-state index contributed by atoms with van der Waals surface area (Å²) in [5.74, 6) is -0.285. The number of esters is 1. The summed E-state index contributed by atoms with van der Waals surface area (Å²) in [6.07, 6.45) is 5.13. The Morgan fingerprint density at radius 2 is 0.565 bits per heavy atom. The van der Waals surface area contributed by atoms with Crippen LogP contribution in [0.15, 0.2) is 0 Å². The average molecular weight is 673 g/mol. The van der Waals surface area contributed by atoms with Crippen LogP contribution in [0.3, 0.4) is 0 Å². The highest BCUT2D eigenvalue weighted by atomic mass is 16.6. The molecule has 0 rings (SSSR count). The highest BCUT2D eigenvalue weighted by molar-refractivity contribution is 5.69. The molecule has 0 spiro atoms. The second-order valence-electron chi connectivity index (χ2n) is 9.74. The van der Waals surface area contributed by atoms with Gasteiger partial charge in [-0.05, 0) is 6.42 Å². The lowest BCUT2D eigenvalue weighted by molar-refractivity contribution is -0.141. The number of carbonyl (C=O) groups excluding carboxylic acids is 1. The second kappa shape index (κ2) is 42.0. The molecule has 0 saturated heterocycles. The van der Waals surface area contributed by atoms with E-state index in [1.165, 1.54) is 26.4 Å². The number of carbonyl (C=O) groups is 1. The number of unbranched alkanes of at least 4 members (excludes halogenated alkanes) is 3. The summed E-state index contributed by atoms with van der Waals surface area (Å²) in [7, 11) is 1.35. The number of rotatable bonds is 41. The zero-order chi connectivity index (χ0) is 33.3. The van der Waals surface area contributed by atoms with Crippen molar-refractivity contribution in [1.29, 1.82) is 0 Å². The van der Waals surface area contributed by atoms with Gasteiger partial charge in [-0.15, -0.1) is 0 Å². The zero-order valence-electron chi connectivity index (χ0n) is 28.7. The van der Waals surface area contributed by atoms with Gasteiger partial charge in [0.15, 0.2) is 0 Å². The lowest BCUT2D eigenvalue weighted by Gasteiger charge is -2.09. The van der Waals surface area contributed by atoms with E-state index in [4.69, 9.17) is 56.8 Å². The van der Waals surface area contributed by atoms with E-state index in [0.29, 0.717) is 152 Å². The van der Waals surface area contributed by atoms with Gasteiger partial charge in [-0.3, -0.25) is 4.79 Å². The molecule has 0 aliphatic heterocycles. The van der Waals surface area contributed by atoms with E-state index >= 15 is 0 Å². The van der Waals surface area contributed by atoms with Crippen LogP contribution in [0.1, 0.15) is 39.0 Å². The molecule has 14 heteroatoms. The quantitative estimate of drug-likeness (QED) is 0.0694. The first kappa shape index (κ1) is 45.0. The molecule has 0 saturated carbocycles. The fraction of sp³-hybridized carbons (Fsp3) is 0.969. The summed E-state index contributed by atoms with van der Waals surface area (Å²) in [6, 6.07) is 0. The summed E-state index contributed by atoms with van der Waals surface area (Å²) < 4.78 is 69.9. The van der Waals surface area contributed by atoms with Gasteiger partial charge in [-0.1, -0.05) is 26.2 Å². The molecule has 0 unspecified atom stereocenters. The molecular formula is C32H64O14. The van der Waals surface area contributed by atoms with Crippen LogP contribution in [0.5, 0.6) is 0 Å². The molecule has 0 aromatic rings. The number of ether oxygens (including phenoxy) is 13. The van der Waals surface area contributed by atoms with Crippen LogP contribution >= 0.6 is 0 Å². The molecular weight excluding hydrogens is 608 g/mol. The minimum atomic E-state index is -0.285. The fourth-order valence-electron chi connectivity index (χ4n) is 3.41. The molecule has 0 fully saturated rings. The smallest absolute Gasteiger partial charge is 0.307 e. The van der Waals surface area contributed by atoms with E-state index in [9.17, 15) is 4.79 Å². The Morgan fingerprint density at radius 3 is 0.804 bits per heavy atom. The molecule has 0 aromatic carbocycles. The van der Waals surface area contributed by atoms with E-state index in [1.54, 1.807) is 0 Å². The van der Waals surface area contributed by atoms with Crippen LogP contribution < -0.4 is 0 Å². The van der Waals surface area contributed by atoms with Crippen molar-refractivity contribution in [3.8, 4) is 0 Å². The van der Waals surface area contributed by atoms with Crippen LogP contribution in [-0.2, 0) is 66.4 Å². The van der Waals surface area contributed by atoms with Crippen molar-refractivity contribution in [2.45, 2.75) is 39.0 Å². The van der Waals surface area contributed by atoms with E-state index in [-0.39, 0.29) is 12.4 Å². The lowest BCUT2D eigenvalue weighted by Crippen LogP contribution is -2.15. The largest absolute Gasteiger partial charge is 0.469 e. The number of hydrogen-bond donors (Lipinski definition) is 0. The molecule has 0 amide bonds. The van der Waals surface area contributed by atoms with E-state index < -0.39 is 0 Å². The van der Waals surface area contributed by atoms with Crippen molar-refractivity contribution in [1.82, 2.24) is 0 Å². The van der Waals surface area contributed by atoms with Gasteiger partial charge in [0.2, 0.25) is 0 Å². The maximum Gasteiger partial charge on any atom is 0.307 e. The first-order chi connectivity index (χ1) is 22.8. The normalized spacial score (nSPS) is 11.4. The van der Waals surface area contributed by atoms with Crippen molar-refractivity contribution in [3.63, 3.8) is 0 Å². The predicted octanol–water partition coefficient (Wildman–Crippen LogP) is 2.33. The zero-order valence-corrected chi connectivity index (χ0v) is 28.7. The van der Waals surface area contributed by atoms with Gasteiger partial charge in [0.1, 0.15) is 0 Å². The van der Waals surface area contributed by atoms with E-state index in [1.807, 2.05) is 0 Å². The van der Waals surface area contributed by atoms with Crippen LogP contribution in [0, 0.1) is 0 Å². The molecule has 0 radical (unpaired) electrons. The summed E-state index contributed by atoms with van der Waals surface area (Å²) in [4.78, 5) is 10.9. The Balaban J connectivity index is 3.05. The highest BCUT2D eigenvalue weighted by Crippen LogP contribution is 1.98. The monoisotopic (exact) mass is 672 g/mol. The molecule has 0 aromatic heterocycles. The Kier molecular flexibility index (Phi) is 41.1. The van der Waals surface area contributed by atoms with Gasteiger partial charge in [0.25, 0.3) is 0 Å². The first-order valence-electron chi connectivity index (χ1n) is 16.8. The third kappa shape index (κ3) is 41.0. The van der Waals surface area contributed by atoms with E-state index in [0.717, 1.165) is 13.0 Å². The maximum absolute atomic E-state index is 10.9. The molecule has 0 N–H and O–H groups in total. The third-order valence-corrected chi connectivity index (χ3v) is 5.91. The second-order valence-corrected chi connectivity index (χ2v) is 9.74. The third-order valence-electron chi connectivity index (χ3n) is 5.91. The number of hydrogen-bond acceptors (Lipinski definition) is 14. The van der Waals surface area contributed by atoms with Gasteiger partial charge in [-0.2, -0.15) is 0 Å².